The Kier molecular flexibility index (Phi) is 5.20. The smallest absolute Gasteiger partial charge is 0.0992 e. The summed E-state index contributed by atoms with van der Waals surface area (Å²) in [5.74, 6) is 0.716. The minimum absolute atomic E-state index is 0.359. The second kappa shape index (κ2) is 6.90. The second-order valence-corrected chi connectivity index (χ2v) is 5.68. The number of halogens is 1. The number of hydrogen-bond acceptors (Lipinski definition) is 4. The van der Waals surface area contributed by atoms with Gasteiger partial charge in [0.15, 0.2) is 0 Å². The van der Waals surface area contributed by atoms with Crippen LogP contribution in [0.3, 0.4) is 0 Å². The van der Waals surface area contributed by atoms with Crippen LogP contribution in [0.4, 0.5) is 5.69 Å². The van der Waals surface area contributed by atoms with E-state index in [0.29, 0.717) is 24.6 Å². The van der Waals surface area contributed by atoms with Crippen LogP contribution < -0.4 is 5.32 Å². The highest BCUT2D eigenvalue weighted by Gasteiger charge is 2.21. The van der Waals surface area contributed by atoms with Crippen molar-refractivity contribution >= 4 is 21.6 Å². The molecule has 0 radical (unpaired) electrons. The third-order valence-corrected chi connectivity index (χ3v) is 3.64. The van der Waals surface area contributed by atoms with Gasteiger partial charge in [0, 0.05) is 23.3 Å². The maximum atomic E-state index is 9.78. The van der Waals surface area contributed by atoms with Crippen LogP contribution in [0.5, 0.6) is 0 Å². The van der Waals surface area contributed by atoms with Crippen molar-refractivity contribution in [1.82, 2.24) is 0 Å². The lowest BCUT2D eigenvalue weighted by Crippen LogP contribution is -2.25. The summed E-state index contributed by atoms with van der Waals surface area (Å²) in [7, 11) is 0. The quantitative estimate of drug-likeness (QED) is 0.808. The maximum Gasteiger partial charge on any atom is 0.0992 e. The van der Waals surface area contributed by atoms with Crippen LogP contribution >= 0.6 is 15.9 Å². The molecular formula is C14H17BrN2O2. The fourth-order valence-electron chi connectivity index (χ4n) is 1.67. The first-order chi connectivity index (χ1) is 9.19. The number of anilines is 1. The first-order valence-electron chi connectivity index (χ1n) is 6.38. The summed E-state index contributed by atoms with van der Waals surface area (Å²) >= 11 is 3.39. The van der Waals surface area contributed by atoms with Gasteiger partial charge in [0.2, 0.25) is 0 Å². The molecule has 0 saturated heterocycles. The Labute approximate surface area is 121 Å². The summed E-state index contributed by atoms with van der Waals surface area (Å²) in [5, 5.41) is 21.7. The number of nitriles is 1. The number of ether oxygens (including phenoxy) is 1. The summed E-state index contributed by atoms with van der Waals surface area (Å²) in [5.41, 5.74) is 1.46. The Hall–Kier alpha value is -1.09. The number of nitrogens with zero attached hydrogens (tertiary/aromatic N) is 1. The van der Waals surface area contributed by atoms with Gasteiger partial charge in [-0.1, -0.05) is 0 Å². The molecule has 1 aromatic carbocycles. The normalized spacial score (nSPS) is 15.8. The van der Waals surface area contributed by atoms with Crippen LogP contribution in [0.2, 0.25) is 0 Å². The topological polar surface area (TPSA) is 65.3 Å². The highest BCUT2D eigenvalue weighted by molar-refractivity contribution is 9.10. The SMILES string of the molecule is N#Cc1ccc(NCC(O)COCC2CC2)c(Br)c1. The third kappa shape index (κ3) is 4.83. The van der Waals surface area contributed by atoms with E-state index in [9.17, 15) is 5.11 Å². The predicted octanol–water partition coefficient (Wildman–Crippen LogP) is 2.52. The van der Waals surface area contributed by atoms with Crippen molar-refractivity contribution < 1.29 is 9.84 Å². The fraction of sp³-hybridized carbons (Fsp3) is 0.500. The Morgan fingerprint density at radius 2 is 2.32 bits per heavy atom. The van der Waals surface area contributed by atoms with Gasteiger partial charge in [-0.2, -0.15) is 5.26 Å². The zero-order valence-corrected chi connectivity index (χ0v) is 12.2. The summed E-state index contributed by atoms with van der Waals surface area (Å²) in [6.07, 6.45) is 1.99. The third-order valence-electron chi connectivity index (χ3n) is 2.99. The van der Waals surface area contributed by atoms with Gasteiger partial charge in [-0.05, 0) is 52.9 Å². The molecule has 2 N–H and O–H groups in total. The lowest BCUT2D eigenvalue weighted by Gasteiger charge is -2.14. The van der Waals surface area contributed by atoms with E-state index < -0.39 is 6.10 Å². The standard InChI is InChI=1S/C14H17BrN2O2/c15-13-5-11(6-16)3-4-14(13)17-7-12(18)9-19-8-10-1-2-10/h3-5,10,12,17-18H,1-2,7-9H2. The van der Waals surface area contributed by atoms with E-state index in [1.54, 1.807) is 12.1 Å². The molecule has 0 bridgehead atoms. The lowest BCUT2D eigenvalue weighted by molar-refractivity contribution is 0.0386. The number of benzene rings is 1. The minimum Gasteiger partial charge on any atom is -0.389 e. The molecule has 1 aliphatic carbocycles. The molecule has 1 aromatic rings. The van der Waals surface area contributed by atoms with Crippen LogP contribution in [0, 0.1) is 17.2 Å². The molecule has 1 aliphatic rings. The van der Waals surface area contributed by atoms with Crippen molar-refractivity contribution in [3.8, 4) is 6.07 Å². The molecule has 0 amide bonds. The van der Waals surface area contributed by atoms with Crippen molar-refractivity contribution in [2.45, 2.75) is 18.9 Å². The molecule has 0 heterocycles. The molecule has 0 aromatic heterocycles. The number of rotatable bonds is 7. The molecule has 1 saturated carbocycles. The van der Waals surface area contributed by atoms with Crippen LogP contribution in [0.25, 0.3) is 0 Å². The van der Waals surface area contributed by atoms with Crippen molar-refractivity contribution in [3.63, 3.8) is 0 Å². The van der Waals surface area contributed by atoms with Gasteiger partial charge >= 0.3 is 0 Å². The van der Waals surface area contributed by atoms with Crippen LogP contribution in [-0.2, 0) is 4.74 Å². The maximum absolute atomic E-state index is 9.78. The number of hydrogen-bond donors (Lipinski definition) is 2. The molecule has 2 rings (SSSR count). The first-order valence-corrected chi connectivity index (χ1v) is 7.17. The van der Waals surface area contributed by atoms with E-state index in [2.05, 4.69) is 27.3 Å². The van der Waals surface area contributed by atoms with Crippen LogP contribution in [-0.4, -0.2) is 31.0 Å². The minimum atomic E-state index is -0.527. The molecule has 5 heteroatoms. The summed E-state index contributed by atoms with van der Waals surface area (Å²) in [4.78, 5) is 0. The Morgan fingerprint density at radius 1 is 1.53 bits per heavy atom. The number of aliphatic hydroxyl groups is 1. The molecule has 102 valence electrons. The molecule has 1 unspecified atom stereocenters. The van der Waals surface area contributed by atoms with E-state index in [1.807, 2.05) is 6.07 Å². The highest BCUT2D eigenvalue weighted by atomic mass is 79.9. The van der Waals surface area contributed by atoms with Gasteiger partial charge in [0.1, 0.15) is 0 Å². The van der Waals surface area contributed by atoms with Crippen molar-refractivity contribution in [2.75, 3.05) is 25.1 Å². The predicted molar refractivity (Wildman–Crippen MR) is 76.9 cm³/mol. The Morgan fingerprint density at radius 3 is 2.95 bits per heavy atom. The molecular weight excluding hydrogens is 308 g/mol. The van der Waals surface area contributed by atoms with Gasteiger partial charge in [0.05, 0.1) is 24.3 Å². The summed E-state index contributed by atoms with van der Waals surface area (Å²) in [6.45, 7) is 1.55. The van der Waals surface area contributed by atoms with Gasteiger partial charge in [0.25, 0.3) is 0 Å². The Bertz CT molecular complexity index is 469. The fourth-order valence-corrected chi connectivity index (χ4v) is 2.19. The first kappa shape index (κ1) is 14.3. The van der Waals surface area contributed by atoms with Crippen molar-refractivity contribution in [3.05, 3.63) is 28.2 Å². The number of nitrogens with one attached hydrogen (secondary N) is 1. The molecule has 1 atom stereocenters. The van der Waals surface area contributed by atoms with E-state index in [1.165, 1.54) is 12.8 Å². The second-order valence-electron chi connectivity index (χ2n) is 4.82. The molecule has 1 fully saturated rings. The van der Waals surface area contributed by atoms with Crippen LogP contribution in [0.15, 0.2) is 22.7 Å². The van der Waals surface area contributed by atoms with E-state index in [-0.39, 0.29) is 0 Å². The van der Waals surface area contributed by atoms with Gasteiger partial charge < -0.3 is 15.2 Å². The van der Waals surface area contributed by atoms with Gasteiger partial charge in [-0.25, -0.2) is 0 Å². The average Bonchev–Trinajstić information content (AvgIpc) is 3.21. The molecule has 0 spiro atoms. The van der Waals surface area contributed by atoms with Crippen molar-refractivity contribution in [1.29, 1.82) is 5.26 Å². The summed E-state index contributed by atoms with van der Waals surface area (Å²) in [6, 6.07) is 7.38. The average molecular weight is 325 g/mol. The molecule has 0 aliphatic heterocycles. The van der Waals surface area contributed by atoms with E-state index in [4.69, 9.17) is 10.00 Å². The zero-order chi connectivity index (χ0) is 13.7. The lowest BCUT2D eigenvalue weighted by atomic mass is 10.2. The van der Waals surface area contributed by atoms with E-state index in [0.717, 1.165) is 16.8 Å². The monoisotopic (exact) mass is 324 g/mol. The summed E-state index contributed by atoms with van der Waals surface area (Å²) < 4.78 is 6.25. The largest absolute Gasteiger partial charge is 0.389 e. The highest BCUT2D eigenvalue weighted by Crippen LogP contribution is 2.28. The Balaban J connectivity index is 1.72. The van der Waals surface area contributed by atoms with Gasteiger partial charge in [-0.3, -0.25) is 0 Å². The van der Waals surface area contributed by atoms with Crippen LogP contribution in [0.1, 0.15) is 18.4 Å². The van der Waals surface area contributed by atoms with Crippen molar-refractivity contribution in [2.24, 2.45) is 5.92 Å². The van der Waals surface area contributed by atoms with Gasteiger partial charge in [-0.15, -0.1) is 0 Å². The number of aliphatic hydroxyl groups excluding tert-OH is 1. The van der Waals surface area contributed by atoms with E-state index >= 15 is 0 Å². The zero-order valence-electron chi connectivity index (χ0n) is 10.6. The molecule has 4 nitrogen and oxygen atoms in total. The molecule has 19 heavy (non-hydrogen) atoms.